The minimum Gasteiger partial charge on any atom is -0.300 e. The van der Waals surface area contributed by atoms with Crippen molar-refractivity contribution in [3.05, 3.63) is 35.9 Å². The molecule has 0 radical (unpaired) electrons. The van der Waals surface area contributed by atoms with Crippen molar-refractivity contribution in [2.24, 2.45) is 5.92 Å². The largest absolute Gasteiger partial charge is 0.300 e. The molecule has 0 N–H and O–H groups in total. The predicted octanol–water partition coefficient (Wildman–Crippen LogP) is 4.03. The van der Waals surface area contributed by atoms with E-state index < -0.39 is 0 Å². The van der Waals surface area contributed by atoms with E-state index >= 15 is 0 Å². The molecule has 1 fully saturated rings. The average molecular weight is 338 g/mol. The number of carbonyl (C=O) groups excluding carboxylic acids is 1. The Morgan fingerprint density at radius 2 is 1.90 bits per heavy atom. The fourth-order valence-corrected chi connectivity index (χ4v) is 3.16. The van der Waals surface area contributed by atoms with Crippen LogP contribution in [0, 0.1) is 5.92 Å². The van der Waals surface area contributed by atoms with E-state index in [1.54, 1.807) is 0 Å². The fraction of sp³-hybridized carbons (Fsp3) is 0.588. The third-order valence-corrected chi connectivity index (χ3v) is 4.62. The molecule has 0 spiro atoms. The molecule has 0 amide bonds. The zero-order chi connectivity index (χ0) is 14.2. The van der Waals surface area contributed by atoms with Gasteiger partial charge in [-0.2, -0.15) is 0 Å². The molecule has 3 heteroatoms. The molecule has 0 aromatic heterocycles. The quantitative estimate of drug-likeness (QED) is 0.700. The van der Waals surface area contributed by atoms with E-state index in [4.69, 9.17) is 0 Å². The third-order valence-electron chi connectivity index (χ3n) is 4.06. The standard InChI is InChI=1S/C17H24BrNO/c18-10-4-7-17(20)13-15-8-11-19(12-9-15)14-16-5-2-1-3-6-16/h1-3,5-6,15H,4,7-14H2. The van der Waals surface area contributed by atoms with Crippen LogP contribution in [0.4, 0.5) is 0 Å². The molecule has 1 aliphatic rings. The molecular weight excluding hydrogens is 314 g/mol. The first-order valence-electron chi connectivity index (χ1n) is 7.62. The summed E-state index contributed by atoms with van der Waals surface area (Å²) in [6.45, 7) is 3.31. The lowest BCUT2D eigenvalue weighted by Crippen LogP contribution is -2.33. The summed E-state index contributed by atoms with van der Waals surface area (Å²) in [5.41, 5.74) is 1.39. The van der Waals surface area contributed by atoms with Crippen LogP contribution in [0.5, 0.6) is 0 Å². The Labute approximate surface area is 130 Å². The van der Waals surface area contributed by atoms with Gasteiger partial charge in [-0.25, -0.2) is 0 Å². The lowest BCUT2D eigenvalue weighted by molar-refractivity contribution is -0.120. The number of hydrogen-bond acceptors (Lipinski definition) is 2. The molecule has 20 heavy (non-hydrogen) atoms. The smallest absolute Gasteiger partial charge is 0.133 e. The van der Waals surface area contributed by atoms with E-state index in [1.165, 1.54) is 18.4 Å². The van der Waals surface area contributed by atoms with Crippen LogP contribution in [0.2, 0.25) is 0 Å². The van der Waals surface area contributed by atoms with Crippen molar-refractivity contribution >= 4 is 21.7 Å². The first-order chi connectivity index (χ1) is 9.78. The summed E-state index contributed by atoms with van der Waals surface area (Å²) in [5, 5.41) is 0.939. The van der Waals surface area contributed by atoms with E-state index in [0.29, 0.717) is 11.7 Å². The van der Waals surface area contributed by atoms with Gasteiger partial charge in [0, 0.05) is 24.7 Å². The molecule has 0 unspecified atom stereocenters. The highest BCUT2D eigenvalue weighted by Gasteiger charge is 2.21. The molecule has 0 bridgehead atoms. The topological polar surface area (TPSA) is 20.3 Å². The highest BCUT2D eigenvalue weighted by atomic mass is 79.9. The van der Waals surface area contributed by atoms with Crippen LogP contribution in [0.25, 0.3) is 0 Å². The summed E-state index contributed by atoms with van der Waals surface area (Å²) in [5.74, 6) is 1.07. The Bertz CT molecular complexity index is 399. The summed E-state index contributed by atoms with van der Waals surface area (Å²) in [6.07, 6.45) is 4.87. The number of hydrogen-bond donors (Lipinski definition) is 0. The molecule has 2 rings (SSSR count). The van der Waals surface area contributed by atoms with Crippen LogP contribution < -0.4 is 0 Å². The minimum absolute atomic E-state index is 0.450. The number of Topliss-reactive ketones (excluding diaryl/α,β-unsaturated/α-hetero) is 1. The Morgan fingerprint density at radius 1 is 1.20 bits per heavy atom. The maximum Gasteiger partial charge on any atom is 0.133 e. The molecule has 2 nitrogen and oxygen atoms in total. The van der Waals surface area contributed by atoms with Gasteiger partial charge in [0.05, 0.1) is 0 Å². The molecule has 110 valence electrons. The van der Waals surface area contributed by atoms with Gasteiger partial charge in [-0.05, 0) is 43.8 Å². The number of likely N-dealkylation sites (tertiary alicyclic amines) is 1. The van der Waals surface area contributed by atoms with E-state index in [9.17, 15) is 4.79 Å². The van der Waals surface area contributed by atoms with Gasteiger partial charge in [0.25, 0.3) is 0 Å². The maximum atomic E-state index is 11.8. The number of halogens is 1. The van der Waals surface area contributed by atoms with Gasteiger partial charge in [-0.3, -0.25) is 9.69 Å². The number of benzene rings is 1. The summed E-state index contributed by atoms with van der Waals surface area (Å²) in [6, 6.07) is 10.6. The van der Waals surface area contributed by atoms with Crippen LogP contribution in [0.3, 0.4) is 0 Å². The number of ketones is 1. The first-order valence-corrected chi connectivity index (χ1v) is 8.74. The Kier molecular flexibility index (Phi) is 6.74. The van der Waals surface area contributed by atoms with Crippen LogP contribution in [-0.2, 0) is 11.3 Å². The van der Waals surface area contributed by atoms with Crippen molar-refractivity contribution < 1.29 is 4.79 Å². The van der Waals surface area contributed by atoms with Crippen LogP contribution >= 0.6 is 15.9 Å². The average Bonchev–Trinajstić information content (AvgIpc) is 2.48. The lowest BCUT2D eigenvalue weighted by Gasteiger charge is -2.31. The van der Waals surface area contributed by atoms with Gasteiger partial charge < -0.3 is 0 Å². The van der Waals surface area contributed by atoms with Gasteiger partial charge in [0.15, 0.2) is 0 Å². The van der Waals surface area contributed by atoms with Crippen molar-refractivity contribution in [1.29, 1.82) is 0 Å². The lowest BCUT2D eigenvalue weighted by atomic mass is 9.90. The number of alkyl halides is 1. The zero-order valence-electron chi connectivity index (χ0n) is 12.1. The summed E-state index contributed by atoms with van der Waals surface area (Å²) < 4.78 is 0. The monoisotopic (exact) mass is 337 g/mol. The van der Waals surface area contributed by atoms with Gasteiger partial charge in [0.1, 0.15) is 5.78 Å². The minimum atomic E-state index is 0.450. The Morgan fingerprint density at radius 3 is 2.55 bits per heavy atom. The molecule has 0 saturated carbocycles. The van der Waals surface area contributed by atoms with Crippen LogP contribution in [-0.4, -0.2) is 29.1 Å². The second-order valence-electron chi connectivity index (χ2n) is 5.74. The van der Waals surface area contributed by atoms with Crippen molar-refractivity contribution in [3.63, 3.8) is 0 Å². The van der Waals surface area contributed by atoms with Gasteiger partial charge in [-0.15, -0.1) is 0 Å². The second kappa shape index (κ2) is 8.58. The molecule has 1 aliphatic heterocycles. The highest BCUT2D eigenvalue weighted by molar-refractivity contribution is 9.09. The molecule has 1 aromatic rings. The molecule has 1 heterocycles. The Hall–Kier alpha value is -0.670. The number of piperidine rings is 1. The molecular formula is C17H24BrNO. The van der Waals surface area contributed by atoms with E-state index in [-0.39, 0.29) is 0 Å². The molecule has 1 saturated heterocycles. The predicted molar refractivity (Wildman–Crippen MR) is 87.1 cm³/mol. The van der Waals surface area contributed by atoms with Crippen molar-refractivity contribution in [2.45, 2.75) is 38.6 Å². The molecule has 1 aromatic carbocycles. The van der Waals surface area contributed by atoms with Gasteiger partial charge in [0.2, 0.25) is 0 Å². The molecule has 0 atom stereocenters. The van der Waals surface area contributed by atoms with E-state index in [1.807, 2.05) is 0 Å². The van der Waals surface area contributed by atoms with Gasteiger partial charge >= 0.3 is 0 Å². The summed E-state index contributed by atoms with van der Waals surface area (Å²) in [4.78, 5) is 14.3. The zero-order valence-corrected chi connectivity index (χ0v) is 13.6. The summed E-state index contributed by atoms with van der Waals surface area (Å²) in [7, 11) is 0. The van der Waals surface area contributed by atoms with E-state index in [0.717, 1.165) is 44.2 Å². The van der Waals surface area contributed by atoms with Crippen molar-refractivity contribution in [2.75, 3.05) is 18.4 Å². The highest BCUT2D eigenvalue weighted by Crippen LogP contribution is 2.22. The van der Waals surface area contributed by atoms with Crippen LogP contribution in [0.15, 0.2) is 30.3 Å². The maximum absolute atomic E-state index is 11.8. The van der Waals surface area contributed by atoms with E-state index in [2.05, 4.69) is 51.2 Å². The number of carbonyl (C=O) groups is 1. The normalized spacial score (nSPS) is 17.2. The number of rotatable bonds is 7. The summed E-state index contributed by atoms with van der Waals surface area (Å²) >= 11 is 3.38. The SMILES string of the molecule is O=C(CCCBr)CC1CCN(Cc2ccccc2)CC1. The number of nitrogens with zero attached hydrogens (tertiary/aromatic N) is 1. The van der Waals surface area contributed by atoms with Crippen molar-refractivity contribution in [1.82, 2.24) is 4.90 Å². The fourth-order valence-electron chi connectivity index (χ4n) is 2.88. The van der Waals surface area contributed by atoms with Crippen LogP contribution in [0.1, 0.15) is 37.7 Å². The van der Waals surface area contributed by atoms with Crippen molar-refractivity contribution in [3.8, 4) is 0 Å². The third kappa shape index (κ3) is 5.37. The Balaban J connectivity index is 1.68. The first kappa shape index (κ1) is 15.7. The van der Waals surface area contributed by atoms with Gasteiger partial charge in [-0.1, -0.05) is 46.3 Å². The molecule has 0 aliphatic carbocycles. The second-order valence-corrected chi connectivity index (χ2v) is 6.53.